The predicted octanol–water partition coefficient (Wildman–Crippen LogP) is 11.9. The van der Waals surface area contributed by atoms with E-state index in [-0.39, 0.29) is 117 Å². The lowest BCUT2D eigenvalue weighted by atomic mass is 10.0. The second-order valence-electron chi connectivity index (χ2n) is 25.6. The third kappa shape index (κ3) is 20.0. The van der Waals surface area contributed by atoms with E-state index in [1.807, 2.05) is 0 Å². The summed E-state index contributed by atoms with van der Waals surface area (Å²) >= 11 is 18.8. The average molecular weight is 1690 g/mol. The van der Waals surface area contributed by atoms with Crippen LogP contribution < -0.4 is 31.9 Å². The maximum absolute atomic E-state index is 13.7. The van der Waals surface area contributed by atoms with Gasteiger partial charge in [0.05, 0.1) is 105 Å². The molecular weight excluding hydrogens is 1630 g/mol. The van der Waals surface area contributed by atoms with Gasteiger partial charge in [-0.2, -0.15) is 54.8 Å². The number of aromatic nitrogens is 21. The van der Waals surface area contributed by atoms with Crippen LogP contribution in [0.4, 0.5) is 73.6 Å². The molecule has 118 heavy (non-hydrogen) atoms. The normalized spacial score (nSPS) is 11.4. The first-order chi connectivity index (χ1) is 55.7. The molecule has 12 rings (SSSR count). The van der Waals surface area contributed by atoms with E-state index in [0.717, 1.165) is 14.0 Å². The number of benzene rings is 3. The molecule has 9 heterocycles. The van der Waals surface area contributed by atoms with Crippen molar-refractivity contribution in [3.05, 3.63) is 244 Å². The minimum absolute atomic E-state index is 0.0105. The third-order valence-electron chi connectivity index (χ3n) is 15.9. The van der Waals surface area contributed by atoms with Gasteiger partial charge in [0.25, 0.3) is 52.9 Å². The summed E-state index contributed by atoms with van der Waals surface area (Å²) < 4.78 is 124. The largest absolute Gasteiger partial charge is 0.453 e. The van der Waals surface area contributed by atoms with Crippen molar-refractivity contribution in [1.29, 1.82) is 0 Å². The number of tetrazole rings is 3. The van der Waals surface area contributed by atoms with Gasteiger partial charge in [-0.3, -0.25) is 28.8 Å². The van der Waals surface area contributed by atoms with Crippen LogP contribution >= 0.6 is 34.8 Å². The molecule has 0 spiro atoms. The van der Waals surface area contributed by atoms with Crippen molar-refractivity contribution in [3.63, 3.8) is 0 Å². The van der Waals surface area contributed by atoms with Crippen molar-refractivity contribution in [2.24, 2.45) is 0 Å². The maximum atomic E-state index is 13.7. The molecule has 0 aliphatic carbocycles. The van der Waals surface area contributed by atoms with Crippen LogP contribution in [0.2, 0.25) is 15.1 Å². The van der Waals surface area contributed by atoms with E-state index in [9.17, 15) is 68.3 Å². The van der Waals surface area contributed by atoms with Gasteiger partial charge in [-0.05, 0) is 169 Å². The van der Waals surface area contributed by atoms with Crippen molar-refractivity contribution in [3.8, 4) is 17.5 Å². The SMILES string of the molecule is [C-]#[N+]c1cc(C)c(NC(=O)c2cc(Cn3nnnc3C(F)(F)F)nn2-c2ncccc2Cl)c(C(=O)NC(C)(C)C)c1.[C-]#[N+]c1cc(C)c(NC(=O)c2cc(Cn3nnnc3C(F)(F)F)nn2-c2ncccc2Cl)c(C(=O)NC)c1.[C-]#[N+]c1cc(C)c(NC(=O)c2cc(Cn3nnnc3C(F)(F)F)nn2-c2ncccc2Cl)c(C(=O)NCC)c1. The minimum Gasteiger partial charge on any atom is -0.355 e. The fraction of sp³-hybridized carbons (Fsp3) is 0.229. The zero-order valence-electron chi connectivity index (χ0n) is 61.9. The number of rotatable bonds is 19. The summed E-state index contributed by atoms with van der Waals surface area (Å²) in [7, 11) is 1.40. The molecule has 0 fully saturated rings. The van der Waals surface area contributed by atoms with Gasteiger partial charge < -0.3 is 31.9 Å². The molecule has 0 atom stereocenters. The van der Waals surface area contributed by atoms with Gasteiger partial charge in [0.2, 0.25) is 0 Å². The highest BCUT2D eigenvalue weighted by Gasteiger charge is 2.41. The zero-order chi connectivity index (χ0) is 86.0. The van der Waals surface area contributed by atoms with E-state index in [0.29, 0.717) is 37.3 Å². The number of hydrogen-bond donors (Lipinski definition) is 6. The van der Waals surface area contributed by atoms with Crippen molar-refractivity contribution in [1.82, 2.24) is 121 Å². The van der Waals surface area contributed by atoms with Gasteiger partial charge in [-0.1, -0.05) is 53.0 Å². The number of nitrogens with zero attached hydrogens (tertiary/aromatic N) is 24. The number of carbonyl (C=O) groups is 6. The molecule has 36 nitrogen and oxygen atoms in total. The molecule has 9 aromatic heterocycles. The summed E-state index contributed by atoms with van der Waals surface area (Å²) in [5.74, 6) is -7.85. The fourth-order valence-corrected chi connectivity index (χ4v) is 11.6. The Morgan fingerprint density at radius 3 is 1.00 bits per heavy atom. The van der Waals surface area contributed by atoms with Gasteiger partial charge in [0.15, 0.2) is 34.5 Å². The molecule has 0 unspecified atom stereocenters. The van der Waals surface area contributed by atoms with E-state index in [4.69, 9.17) is 54.5 Å². The number of aryl methyl sites for hydroxylation is 3. The summed E-state index contributed by atoms with van der Waals surface area (Å²) in [6.07, 6.45) is -10.3. The van der Waals surface area contributed by atoms with Crippen LogP contribution in [0.1, 0.15) is 141 Å². The number of carbonyl (C=O) groups excluding carboxylic acids is 6. The molecule has 0 saturated heterocycles. The van der Waals surface area contributed by atoms with Gasteiger partial charge in [-0.25, -0.2) is 57.6 Å². The van der Waals surface area contributed by atoms with Gasteiger partial charge in [0.1, 0.15) is 17.1 Å². The van der Waals surface area contributed by atoms with Crippen LogP contribution in [-0.2, 0) is 38.2 Å². The lowest BCUT2D eigenvalue weighted by Gasteiger charge is -2.22. The van der Waals surface area contributed by atoms with Gasteiger partial charge >= 0.3 is 18.5 Å². The van der Waals surface area contributed by atoms with Gasteiger partial charge in [0, 0.05) is 37.7 Å². The Morgan fingerprint density at radius 2 is 0.737 bits per heavy atom. The summed E-state index contributed by atoms with van der Waals surface area (Å²) in [4.78, 5) is 102. The number of anilines is 3. The Bertz CT molecular complexity index is 6020. The van der Waals surface area contributed by atoms with Crippen LogP contribution in [0.5, 0.6) is 0 Å². The van der Waals surface area contributed by atoms with E-state index in [1.165, 1.54) is 98.4 Å². The Kier molecular flexibility index (Phi) is 25.8. The lowest BCUT2D eigenvalue weighted by Crippen LogP contribution is -2.41. The molecule has 0 aliphatic rings. The molecule has 606 valence electrons. The van der Waals surface area contributed by atoms with E-state index in [2.05, 4.69) is 123 Å². The first-order valence-corrected chi connectivity index (χ1v) is 34.8. The number of halogens is 12. The molecule has 48 heteroatoms. The second kappa shape index (κ2) is 35.5. The summed E-state index contributed by atoms with van der Waals surface area (Å²) in [5, 5.41) is 57.3. The van der Waals surface area contributed by atoms with Crippen molar-refractivity contribution < 1.29 is 68.3 Å². The summed E-state index contributed by atoms with van der Waals surface area (Å²) in [5.41, 5.74) is 1.29. The number of amides is 6. The maximum Gasteiger partial charge on any atom is 0.453 e. The third-order valence-corrected chi connectivity index (χ3v) is 16.8. The lowest BCUT2D eigenvalue weighted by molar-refractivity contribution is -0.148. The fourth-order valence-electron chi connectivity index (χ4n) is 11.0. The molecule has 0 bridgehead atoms. The Hall–Kier alpha value is -14.5. The number of pyridine rings is 3. The monoisotopic (exact) mass is 1690 g/mol. The molecule has 6 amide bonds. The number of alkyl halides is 9. The van der Waals surface area contributed by atoms with Crippen molar-refractivity contribution in [2.45, 2.75) is 92.2 Å². The molecule has 12 aromatic rings. The van der Waals surface area contributed by atoms with Gasteiger partial charge in [-0.15, -0.1) is 15.3 Å². The van der Waals surface area contributed by atoms with Crippen LogP contribution in [-0.4, -0.2) is 159 Å². The van der Waals surface area contributed by atoms with Crippen molar-refractivity contribution in [2.75, 3.05) is 29.5 Å². The smallest absolute Gasteiger partial charge is 0.355 e. The molecule has 0 aliphatic heterocycles. The highest BCUT2D eigenvalue weighted by atomic mass is 35.5. The second-order valence-corrected chi connectivity index (χ2v) is 26.8. The highest BCUT2D eigenvalue weighted by Crippen LogP contribution is 2.36. The topological polar surface area (TPSA) is 411 Å². The van der Waals surface area contributed by atoms with E-state index < -0.39 is 96.6 Å². The van der Waals surface area contributed by atoms with Crippen LogP contribution in [0, 0.1) is 40.5 Å². The average Bonchev–Trinajstić information content (AvgIpc) is 1.55. The number of nitrogens with one attached hydrogen (secondary N) is 6. The quantitative estimate of drug-likeness (QED) is 0.0323. The highest BCUT2D eigenvalue weighted by molar-refractivity contribution is 6.33. The van der Waals surface area contributed by atoms with E-state index >= 15 is 0 Å². The summed E-state index contributed by atoms with van der Waals surface area (Å²) in [6.45, 7) is 32.5. The van der Waals surface area contributed by atoms with Crippen LogP contribution in [0.15, 0.2) is 110 Å². The Morgan fingerprint density at radius 1 is 0.441 bits per heavy atom. The first-order valence-electron chi connectivity index (χ1n) is 33.7. The summed E-state index contributed by atoms with van der Waals surface area (Å²) in [6, 6.07) is 21.3. The Balaban J connectivity index is 0.000000187. The minimum atomic E-state index is -4.82. The van der Waals surface area contributed by atoms with Crippen LogP contribution in [0.25, 0.3) is 32.0 Å². The zero-order valence-corrected chi connectivity index (χ0v) is 64.2. The molecular formula is C70H56Cl3F9N30O6. The van der Waals surface area contributed by atoms with Crippen LogP contribution in [0.3, 0.4) is 0 Å². The molecule has 0 saturated carbocycles. The molecule has 0 radical (unpaired) electrons. The standard InChI is InChI=1S/C25H22ClF3N10O2.C23H18ClF3N10O2.C22H16ClF3N10O2/c1-13-9-14(30-5)10-16(21(40)33-24(2,3)4)19(13)32-22(41)18-11-15(12-38-23(25(27,28)29)34-36-37-38)35-39(18)20-17(26)7-6-8-31-20;1-4-29-20(38)15-9-13(28-3)8-12(2)18(15)31-21(39)17-10-14(11-36-22(23(25,26)27)32-34-35-36)33-37(17)19-16(24)6-5-7-30-19;1-11-7-12(27-2)8-14(19(37)28-3)17(11)30-20(38)16-9-13(10-35-21(22(24,25)26)31-33-34-35)32-36(16)18-15(23)5-4-6-29-18/h6-11H,12H2,1-4H3,(H,32,41)(H,33,40);5-10H,4,11H2,1-2H3,(H,29,38)(H,31,39);4-9H,10H2,1,3H3,(H,28,37)(H,30,38). The molecule has 6 N–H and O–H groups in total. The van der Waals surface area contributed by atoms with E-state index in [1.54, 1.807) is 66.7 Å². The van der Waals surface area contributed by atoms with Crippen molar-refractivity contribution >= 4 is 104 Å². The predicted molar refractivity (Wildman–Crippen MR) is 400 cm³/mol. The molecule has 3 aromatic carbocycles. The first kappa shape index (κ1) is 85.9. The number of hydrogen-bond acceptors (Lipinski definition) is 21. The Labute approximate surface area is 673 Å².